The van der Waals surface area contributed by atoms with Crippen LogP contribution in [0.4, 0.5) is 0 Å². The smallest absolute Gasteiger partial charge is 0.0267 e. The van der Waals surface area contributed by atoms with E-state index in [9.17, 15) is 0 Å². The molecular weight excluding hydrogens is 160 g/mol. The minimum atomic E-state index is 0.250. The van der Waals surface area contributed by atoms with Crippen molar-refractivity contribution >= 4 is 0 Å². The maximum Gasteiger partial charge on any atom is 0.0267 e. The Morgan fingerprint density at radius 3 is 2.23 bits per heavy atom. The van der Waals surface area contributed by atoms with Crippen LogP contribution in [0.5, 0.6) is 0 Å². The van der Waals surface area contributed by atoms with E-state index in [0.717, 1.165) is 6.54 Å². The van der Waals surface area contributed by atoms with Crippen LogP contribution >= 0.6 is 0 Å². The number of hydrazine groups is 1. The number of rotatable bonds is 0. The first kappa shape index (κ1) is 11.0. The molecule has 0 atom stereocenters. The quantitative estimate of drug-likeness (QED) is 0.604. The molecule has 1 saturated heterocycles. The van der Waals surface area contributed by atoms with Crippen LogP contribution in [0.1, 0.15) is 53.4 Å². The molecule has 1 aliphatic rings. The highest BCUT2D eigenvalue weighted by molar-refractivity contribution is 4.80. The first-order valence-electron chi connectivity index (χ1n) is 5.41. The summed E-state index contributed by atoms with van der Waals surface area (Å²) in [4.78, 5) is 0. The van der Waals surface area contributed by atoms with E-state index in [1.807, 2.05) is 0 Å². The summed E-state index contributed by atoms with van der Waals surface area (Å²) in [5.74, 6) is 0. The summed E-state index contributed by atoms with van der Waals surface area (Å²) in [6.07, 6.45) is 5.29. The Bertz CT molecular complexity index is 143. The molecule has 0 bridgehead atoms. The van der Waals surface area contributed by atoms with Gasteiger partial charge in [0, 0.05) is 12.1 Å². The predicted octanol–water partition coefficient (Wildman–Crippen LogP) is 2.46. The monoisotopic (exact) mass is 184 g/mol. The lowest BCUT2D eigenvalue weighted by molar-refractivity contribution is 0.267. The molecule has 0 saturated carbocycles. The van der Waals surface area contributed by atoms with Gasteiger partial charge in [0.1, 0.15) is 0 Å². The van der Waals surface area contributed by atoms with E-state index >= 15 is 0 Å². The highest BCUT2D eigenvalue weighted by Crippen LogP contribution is 2.25. The molecule has 2 nitrogen and oxygen atoms in total. The van der Waals surface area contributed by atoms with Crippen molar-refractivity contribution in [2.75, 3.05) is 6.54 Å². The molecule has 0 aromatic carbocycles. The van der Waals surface area contributed by atoms with E-state index in [1.54, 1.807) is 0 Å². The summed E-state index contributed by atoms with van der Waals surface area (Å²) in [6.45, 7) is 10.3. The van der Waals surface area contributed by atoms with Gasteiger partial charge in [0.25, 0.3) is 0 Å². The Morgan fingerprint density at radius 1 is 0.923 bits per heavy atom. The highest BCUT2D eigenvalue weighted by Gasteiger charge is 2.23. The molecule has 1 rings (SSSR count). The van der Waals surface area contributed by atoms with E-state index in [2.05, 4.69) is 38.5 Å². The maximum atomic E-state index is 3.41. The van der Waals surface area contributed by atoms with Gasteiger partial charge in [-0.1, -0.05) is 26.7 Å². The normalized spacial score (nSPS) is 28.6. The van der Waals surface area contributed by atoms with Crippen LogP contribution in [0, 0.1) is 5.41 Å². The van der Waals surface area contributed by atoms with Crippen molar-refractivity contribution in [1.82, 2.24) is 10.9 Å². The van der Waals surface area contributed by atoms with Crippen molar-refractivity contribution in [2.45, 2.75) is 58.9 Å². The third kappa shape index (κ3) is 4.10. The highest BCUT2D eigenvalue weighted by atomic mass is 15.4. The SMILES string of the molecule is CC1(C)CCCCC(C)(C)NNC1. The third-order valence-electron chi connectivity index (χ3n) is 2.90. The maximum absolute atomic E-state index is 3.41. The van der Waals surface area contributed by atoms with Gasteiger partial charge in [-0.2, -0.15) is 0 Å². The van der Waals surface area contributed by atoms with E-state index in [1.165, 1.54) is 25.7 Å². The van der Waals surface area contributed by atoms with E-state index in [4.69, 9.17) is 0 Å². The molecule has 2 heteroatoms. The lowest BCUT2D eigenvalue weighted by Gasteiger charge is -2.28. The minimum absolute atomic E-state index is 0.250. The standard InChI is InChI=1S/C11H24N2/c1-10(2)7-5-6-8-11(3,4)13-12-9-10/h12-13H,5-9H2,1-4H3. The fraction of sp³-hybridized carbons (Fsp3) is 1.00. The van der Waals surface area contributed by atoms with Gasteiger partial charge in [0.15, 0.2) is 0 Å². The Labute approximate surface area is 82.5 Å². The molecule has 0 aliphatic carbocycles. The van der Waals surface area contributed by atoms with Crippen LogP contribution in [0.25, 0.3) is 0 Å². The van der Waals surface area contributed by atoms with E-state index in [0.29, 0.717) is 5.41 Å². The van der Waals surface area contributed by atoms with Crippen LogP contribution in [0.15, 0.2) is 0 Å². The first-order chi connectivity index (χ1) is 5.91. The molecule has 0 radical (unpaired) electrons. The lowest BCUT2D eigenvalue weighted by Crippen LogP contribution is -2.50. The van der Waals surface area contributed by atoms with Gasteiger partial charge >= 0.3 is 0 Å². The van der Waals surface area contributed by atoms with Crippen LogP contribution in [-0.2, 0) is 0 Å². The molecule has 0 spiro atoms. The van der Waals surface area contributed by atoms with Gasteiger partial charge in [0.05, 0.1) is 0 Å². The topological polar surface area (TPSA) is 24.1 Å². The molecule has 0 aromatic rings. The number of nitrogens with one attached hydrogen (secondary N) is 2. The second-order valence-corrected chi connectivity index (χ2v) is 5.73. The second-order valence-electron chi connectivity index (χ2n) is 5.73. The predicted molar refractivity (Wildman–Crippen MR) is 57.5 cm³/mol. The van der Waals surface area contributed by atoms with Crippen molar-refractivity contribution in [3.05, 3.63) is 0 Å². The van der Waals surface area contributed by atoms with Gasteiger partial charge in [-0.3, -0.25) is 10.9 Å². The van der Waals surface area contributed by atoms with Crippen molar-refractivity contribution in [3.63, 3.8) is 0 Å². The molecule has 2 N–H and O–H groups in total. The van der Waals surface area contributed by atoms with Gasteiger partial charge in [0.2, 0.25) is 0 Å². The Balaban J connectivity index is 2.48. The summed E-state index contributed by atoms with van der Waals surface area (Å²) in [6, 6.07) is 0. The zero-order valence-corrected chi connectivity index (χ0v) is 9.54. The molecule has 78 valence electrons. The molecule has 1 aliphatic heterocycles. The van der Waals surface area contributed by atoms with E-state index < -0.39 is 0 Å². The fourth-order valence-corrected chi connectivity index (χ4v) is 1.84. The summed E-state index contributed by atoms with van der Waals surface area (Å²) in [7, 11) is 0. The lowest BCUT2D eigenvalue weighted by atomic mass is 9.86. The average Bonchev–Trinajstić information content (AvgIpc) is 2.01. The summed E-state index contributed by atoms with van der Waals surface area (Å²) in [5.41, 5.74) is 7.45. The minimum Gasteiger partial charge on any atom is -0.257 e. The number of hydrogen-bond donors (Lipinski definition) is 2. The Morgan fingerprint density at radius 2 is 1.54 bits per heavy atom. The van der Waals surface area contributed by atoms with Crippen molar-refractivity contribution in [2.24, 2.45) is 5.41 Å². The molecular formula is C11H24N2. The van der Waals surface area contributed by atoms with Crippen molar-refractivity contribution in [3.8, 4) is 0 Å². The summed E-state index contributed by atoms with van der Waals surface area (Å²) in [5, 5.41) is 0. The summed E-state index contributed by atoms with van der Waals surface area (Å²) < 4.78 is 0. The zero-order chi connectivity index (χ0) is 9.95. The molecule has 1 heterocycles. The first-order valence-corrected chi connectivity index (χ1v) is 5.41. The molecule has 13 heavy (non-hydrogen) atoms. The average molecular weight is 184 g/mol. The van der Waals surface area contributed by atoms with Crippen LogP contribution < -0.4 is 10.9 Å². The second kappa shape index (κ2) is 3.97. The Kier molecular flexibility index (Phi) is 3.36. The Hall–Kier alpha value is -0.0800. The molecule has 0 unspecified atom stereocenters. The van der Waals surface area contributed by atoms with Gasteiger partial charge in [-0.15, -0.1) is 0 Å². The van der Waals surface area contributed by atoms with Crippen LogP contribution in [-0.4, -0.2) is 12.1 Å². The van der Waals surface area contributed by atoms with Crippen LogP contribution in [0.3, 0.4) is 0 Å². The fourth-order valence-electron chi connectivity index (χ4n) is 1.84. The molecule has 0 aromatic heterocycles. The van der Waals surface area contributed by atoms with Crippen molar-refractivity contribution < 1.29 is 0 Å². The third-order valence-corrected chi connectivity index (χ3v) is 2.90. The van der Waals surface area contributed by atoms with Crippen LogP contribution in [0.2, 0.25) is 0 Å². The van der Waals surface area contributed by atoms with Gasteiger partial charge in [-0.25, -0.2) is 0 Å². The molecule has 1 fully saturated rings. The molecule has 0 amide bonds. The largest absolute Gasteiger partial charge is 0.257 e. The zero-order valence-electron chi connectivity index (χ0n) is 9.54. The number of hydrogen-bond acceptors (Lipinski definition) is 2. The van der Waals surface area contributed by atoms with E-state index in [-0.39, 0.29) is 5.54 Å². The summed E-state index contributed by atoms with van der Waals surface area (Å²) >= 11 is 0. The van der Waals surface area contributed by atoms with Gasteiger partial charge in [-0.05, 0) is 32.1 Å². The van der Waals surface area contributed by atoms with Gasteiger partial charge < -0.3 is 0 Å². The van der Waals surface area contributed by atoms with Crippen molar-refractivity contribution in [1.29, 1.82) is 0 Å².